The molecule has 138 valence electrons. The number of anilines is 2. The summed E-state index contributed by atoms with van der Waals surface area (Å²) in [6, 6.07) is 11.4. The zero-order chi connectivity index (χ0) is 19.1. The Bertz CT molecular complexity index is 739. The van der Waals surface area contributed by atoms with Crippen LogP contribution in [0.3, 0.4) is 0 Å². The van der Waals surface area contributed by atoms with E-state index in [1.165, 1.54) is 0 Å². The molecule has 0 aromatic heterocycles. The van der Waals surface area contributed by atoms with Gasteiger partial charge in [0, 0.05) is 33.2 Å². The average Bonchev–Trinajstić information content (AvgIpc) is 2.58. The molecule has 0 heterocycles. The van der Waals surface area contributed by atoms with Gasteiger partial charge in [-0.15, -0.1) is 0 Å². The van der Waals surface area contributed by atoms with Crippen LogP contribution in [0.1, 0.15) is 36.8 Å². The highest BCUT2D eigenvalue weighted by Crippen LogP contribution is 2.21. The van der Waals surface area contributed by atoms with Gasteiger partial charge in [0.05, 0.1) is 0 Å². The first-order chi connectivity index (χ1) is 12.3. The lowest BCUT2D eigenvalue weighted by Crippen LogP contribution is -2.13. The zero-order valence-electron chi connectivity index (χ0n) is 14.9. The van der Waals surface area contributed by atoms with Gasteiger partial charge in [0.2, 0.25) is 11.8 Å². The molecule has 26 heavy (non-hydrogen) atoms. The standard InChI is InChI=1S/C20H22Br2N2O2/c1-13-7-8-16(12-18(13)22)24-20(26)6-4-3-5-19(25)23-15-9-10-17(21)14(2)11-15/h7-12H,3-6H2,1-2H3,(H,23,25)(H,24,26). The SMILES string of the molecule is Cc1cc(NC(=O)CCCCC(=O)Nc2ccc(C)c(Br)c2)ccc1Br. The highest BCUT2D eigenvalue weighted by Gasteiger charge is 2.07. The second kappa shape index (κ2) is 9.88. The van der Waals surface area contributed by atoms with Gasteiger partial charge in [-0.25, -0.2) is 0 Å². The average molecular weight is 482 g/mol. The van der Waals surface area contributed by atoms with Crippen molar-refractivity contribution in [1.82, 2.24) is 0 Å². The maximum absolute atomic E-state index is 12.0. The number of unbranched alkanes of at least 4 members (excludes halogenated alkanes) is 1. The van der Waals surface area contributed by atoms with E-state index in [4.69, 9.17) is 0 Å². The molecule has 2 aromatic rings. The summed E-state index contributed by atoms with van der Waals surface area (Å²) in [5.74, 6) is -0.0701. The number of nitrogens with one attached hydrogen (secondary N) is 2. The van der Waals surface area contributed by atoms with E-state index >= 15 is 0 Å². The van der Waals surface area contributed by atoms with E-state index in [0.29, 0.717) is 25.7 Å². The predicted octanol–water partition coefficient (Wildman–Crippen LogP) is 5.97. The van der Waals surface area contributed by atoms with Crippen LogP contribution >= 0.6 is 31.9 Å². The first-order valence-electron chi connectivity index (χ1n) is 8.47. The molecule has 0 atom stereocenters. The molecule has 6 heteroatoms. The molecule has 2 amide bonds. The molecular weight excluding hydrogens is 460 g/mol. The first-order valence-corrected chi connectivity index (χ1v) is 10.1. The van der Waals surface area contributed by atoms with Gasteiger partial charge < -0.3 is 10.6 Å². The molecular formula is C20H22Br2N2O2. The van der Waals surface area contributed by atoms with E-state index in [-0.39, 0.29) is 11.8 Å². The molecule has 0 radical (unpaired) electrons. The number of halogens is 2. The maximum Gasteiger partial charge on any atom is 0.224 e. The molecule has 0 aliphatic rings. The van der Waals surface area contributed by atoms with Crippen LogP contribution in [-0.2, 0) is 9.59 Å². The van der Waals surface area contributed by atoms with Crippen molar-refractivity contribution >= 4 is 55.0 Å². The smallest absolute Gasteiger partial charge is 0.224 e. The van der Waals surface area contributed by atoms with Crippen molar-refractivity contribution in [1.29, 1.82) is 0 Å². The molecule has 4 nitrogen and oxygen atoms in total. The van der Waals surface area contributed by atoms with Crippen molar-refractivity contribution in [2.24, 2.45) is 0 Å². The fourth-order valence-electron chi connectivity index (χ4n) is 2.41. The molecule has 0 fully saturated rings. The third-order valence-corrected chi connectivity index (χ3v) is 5.70. The second-order valence-electron chi connectivity index (χ2n) is 6.23. The molecule has 0 spiro atoms. The van der Waals surface area contributed by atoms with E-state index < -0.39 is 0 Å². The molecule has 0 unspecified atom stereocenters. The minimum atomic E-state index is -0.0373. The van der Waals surface area contributed by atoms with Crippen LogP contribution in [0.25, 0.3) is 0 Å². The number of amides is 2. The van der Waals surface area contributed by atoms with Gasteiger partial charge in [-0.1, -0.05) is 37.9 Å². The molecule has 0 aliphatic heterocycles. The van der Waals surface area contributed by atoms with Crippen LogP contribution < -0.4 is 10.6 Å². The summed E-state index contributed by atoms with van der Waals surface area (Å²) in [5, 5.41) is 5.76. The van der Waals surface area contributed by atoms with Gasteiger partial charge in [0.25, 0.3) is 0 Å². The van der Waals surface area contributed by atoms with Crippen molar-refractivity contribution in [2.75, 3.05) is 10.6 Å². The molecule has 0 bridgehead atoms. The van der Waals surface area contributed by atoms with Crippen molar-refractivity contribution < 1.29 is 9.59 Å². The van der Waals surface area contributed by atoms with E-state index in [1.54, 1.807) is 0 Å². The third kappa shape index (κ3) is 6.57. The summed E-state index contributed by atoms with van der Waals surface area (Å²) >= 11 is 6.89. The van der Waals surface area contributed by atoms with Gasteiger partial charge in [-0.05, 0) is 68.1 Å². The van der Waals surface area contributed by atoms with Crippen LogP contribution in [0.2, 0.25) is 0 Å². The van der Waals surface area contributed by atoms with Crippen molar-refractivity contribution in [3.8, 4) is 0 Å². The van der Waals surface area contributed by atoms with E-state index in [9.17, 15) is 9.59 Å². The number of carbonyl (C=O) groups is 2. The number of aryl methyl sites for hydroxylation is 2. The second-order valence-corrected chi connectivity index (χ2v) is 7.94. The Morgan fingerprint density at radius 2 is 1.31 bits per heavy atom. The van der Waals surface area contributed by atoms with Gasteiger partial charge >= 0.3 is 0 Å². The van der Waals surface area contributed by atoms with E-state index in [0.717, 1.165) is 31.4 Å². The molecule has 2 N–H and O–H groups in total. The minimum absolute atomic E-state index is 0.0328. The summed E-state index contributed by atoms with van der Waals surface area (Å²) < 4.78 is 1.98. The Labute approximate surface area is 171 Å². The lowest BCUT2D eigenvalue weighted by atomic mass is 10.1. The predicted molar refractivity (Wildman–Crippen MR) is 113 cm³/mol. The van der Waals surface area contributed by atoms with Crippen LogP contribution in [0.5, 0.6) is 0 Å². The van der Waals surface area contributed by atoms with Crippen LogP contribution in [0.15, 0.2) is 45.3 Å². The normalized spacial score (nSPS) is 10.5. The van der Waals surface area contributed by atoms with Gasteiger partial charge in [-0.2, -0.15) is 0 Å². The van der Waals surface area contributed by atoms with Crippen LogP contribution in [0.4, 0.5) is 11.4 Å². The van der Waals surface area contributed by atoms with Crippen molar-refractivity contribution in [3.05, 3.63) is 56.5 Å². The monoisotopic (exact) mass is 480 g/mol. The molecule has 0 saturated heterocycles. The quantitative estimate of drug-likeness (QED) is 0.479. The van der Waals surface area contributed by atoms with E-state index in [1.807, 2.05) is 50.2 Å². The van der Waals surface area contributed by atoms with Crippen LogP contribution in [0, 0.1) is 13.8 Å². The summed E-state index contributed by atoms with van der Waals surface area (Å²) in [4.78, 5) is 24.0. The van der Waals surface area contributed by atoms with Crippen molar-refractivity contribution in [2.45, 2.75) is 39.5 Å². The number of carbonyl (C=O) groups excluding carboxylic acids is 2. The number of hydrogen-bond acceptors (Lipinski definition) is 2. The minimum Gasteiger partial charge on any atom is -0.326 e. The number of hydrogen-bond donors (Lipinski definition) is 2. The Balaban J connectivity index is 1.68. The summed E-state index contributed by atoms with van der Waals surface area (Å²) in [5.41, 5.74) is 3.76. The maximum atomic E-state index is 12.0. The van der Waals surface area contributed by atoms with Crippen molar-refractivity contribution in [3.63, 3.8) is 0 Å². The molecule has 0 saturated carbocycles. The van der Waals surface area contributed by atoms with Gasteiger partial charge in [0.15, 0.2) is 0 Å². The Morgan fingerprint density at radius 1 is 0.769 bits per heavy atom. The summed E-state index contributed by atoms with van der Waals surface area (Å²) in [6.45, 7) is 3.97. The molecule has 2 aromatic carbocycles. The topological polar surface area (TPSA) is 58.2 Å². The lowest BCUT2D eigenvalue weighted by Gasteiger charge is -2.08. The third-order valence-electron chi connectivity index (χ3n) is 3.95. The fraction of sp³-hybridized carbons (Fsp3) is 0.300. The van der Waals surface area contributed by atoms with Gasteiger partial charge in [0.1, 0.15) is 0 Å². The number of rotatable bonds is 7. The summed E-state index contributed by atoms with van der Waals surface area (Å²) in [7, 11) is 0. The largest absolute Gasteiger partial charge is 0.326 e. The van der Waals surface area contributed by atoms with Crippen LogP contribution in [-0.4, -0.2) is 11.8 Å². The Hall–Kier alpha value is -1.66. The molecule has 2 rings (SSSR count). The Kier molecular flexibility index (Phi) is 7.85. The molecule has 0 aliphatic carbocycles. The fourth-order valence-corrected chi connectivity index (χ4v) is 3.04. The first kappa shape index (κ1) is 20.6. The van der Waals surface area contributed by atoms with Gasteiger partial charge in [-0.3, -0.25) is 9.59 Å². The lowest BCUT2D eigenvalue weighted by molar-refractivity contribution is -0.118. The summed E-state index contributed by atoms with van der Waals surface area (Å²) in [6.07, 6.45) is 2.15. The Morgan fingerprint density at radius 3 is 1.85 bits per heavy atom. The zero-order valence-corrected chi connectivity index (χ0v) is 18.0. The highest BCUT2D eigenvalue weighted by molar-refractivity contribution is 9.10. The highest BCUT2D eigenvalue weighted by atomic mass is 79.9. The number of benzene rings is 2. The van der Waals surface area contributed by atoms with E-state index in [2.05, 4.69) is 42.5 Å².